The van der Waals surface area contributed by atoms with E-state index in [2.05, 4.69) is 10.0 Å². The summed E-state index contributed by atoms with van der Waals surface area (Å²) in [6, 6.07) is 21.1. The number of amides is 2. The van der Waals surface area contributed by atoms with Crippen molar-refractivity contribution in [2.24, 2.45) is 5.92 Å². The van der Waals surface area contributed by atoms with Crippen molar-refractivity contribution < 1.29 is 18.0 Å². The summed E-state index contributed by atoms with van der Waals surface area (Å²) in [7, 11) is -3.74. The van der Waals surface area contributed by atoms with E-state index in [0.29, 0.717) is 42.7 Å². The number of nitrogens with one attached hydrogen (secondary N) is 2. The van der Waals surface area contributed by atoms with Crippen LogP contribution in [0.3, 0.4) is 0 Å². The highest BCUT2D eigenvalue weighted by molar-refractivity contribution is 7.92. The molecule has 182 valence electrons. The minimum absolute atomic E-state index is 0.0243. The molecule has 0 spiro atoms. The van der Waals surface area contributed by atoms with E-state index in [1.807, 2.05) is 43.3 Å². The highest BCUT2D eigenvalue weighted by atomic mass is 32.2. The fraction of sp³-hybridized carbons (Fsp3) is 0.259. The summed E-state index contributed by atoms with van der Waals surface area (Å²) in [5.41, 5.74) is 3.16. The maximum absolute atomic E-state index is 13.0. The molecule has 35 heavy (non-hydrogen) atoms. The van der Waals surface area contributed by atoms with E-state index in [9.17, 15) is 18.0 Å². The van der Waals surface area contributed by atoms with Crippen molar-refractivity contribution in [2.45, 2.75) is 31.6 Å². The molecule has 1 fully saturated rings. The Morgan fingerprint density at radius 2 is 1.51 bits per heavy atom. The second-order valence-electron chi connectivity index (χ2n) is 8.87. The van der Waals surface area contributed by atoms with Gasteiger partial charge in [-0.1, -0.05) is 30.3 Å². The zero-order valence-electron chi connectivity index (χ0n) is 19.8. The predicted octanol–water partition coefficient (Wildman–Crippen LogP) is 4.60. The molecular weight excluding hydrogens is 462 g/mol. The van der Waals surface area contributed by atoms with Gasteiger partial charge in [0.2, 0.25) is 5.91 Å². The van der Waals surface area contributed by atoms with E-state index < -0.39 is 10.0 Å². The summed E-state index contributed by atoms with van der Waals surface area (Å²) < 4.78 is 28.2. The monoisotopic (exact) mass is 491 g/mol. The molecule has 3 aromatic rings. The van der Waals surface area contributed by atoms with Crippen LogP contribution in [0, 0.1) is 19.8 Å². The number of carbonyl (C=O) groups excluding carboxylic acids is 2. The Labute approximate surface area is 206 Å². The van der Waals surface area contributed by atoms with Gasteiger partial charge in [-0.15, -0.1) is 0 Å². The first-order valence-electron chi connectivity index (χ1n) is 11.6. The average molecular weight is 492 g/mol. The number of piperidine rings is 1. The van der Waals surface area contributed by atoms with Gasteiger partial charge in [0.05, 0.1) is 4.90 Å². The van der Waals surface area contributed by atoms with Gasteiger partial charge in [0.1, 0.15) is 0 Å². The van der Waals surface area contributed by atoms with Crippen LogP contribution in [0.25, 0.3) is 0 Å². The Morgan fingerprint density at radius 3 is 2.17 bits per heavy atom. The molecule has 0 saturated carbocycles. The molecule has 0 bridgehead atoms. The number of likely N-dealkylation sites (tertiary alicyclic amines) is 1. The number of hydrogen-bond acceptors (Lipinski definition) is 4. The van der Waals surface area contributed by atoms with E-state index in [-0.39, 0.29) is 22.6 Å². The number of rotatable bonds is 6. The van der Waals surface area contributed by atoms with Crippen molar-refractivity contribution in [3.8, 4) is 0 Å². The smallest absolute Gasteiger partial charge is 0.262 e. The highest BCUT2D eigenvalue weighted by Gasteiger charge is 2.28. The van der Waals surface area contributed by atoms with Crippen molar-refractivity contribution in [3.05, 3.63) is 89.5 Å². The summed E-state index contributed by atoms with van der Waals surface area (Å²) >= 11 is 0. The molecule has 0 unspecified atom stereocenters. The Morgan fingerprint density at radius 1 is 0.857 bits per heavy atom. The molecule has 1 aliphatic heterocycles. The summed E-state index contributed by atoms with van der Waals surface area (Å²) in [4.78, 5) is 27.5. The van der Waals surface area contributed by atoms with Crippen molar-refractivity contribution in [1.29, 1.82) is 0 Å². The van der Waals surface area contributed by atoms with Crippen LogP contribution in [-0.2, 0) is 14.8 Å². The number of carbonyl (C=O) groups is 2. The first kappa shape index (κ1) is 24.5. The molecule has 0 atom stereocenters. The molecule has 8 heteroatoms. The zero-order chi connectivity index (χ0) is 25.0. The number of aryl methyl sites for hydroxylation is 2. The maximum atomic E-state index is 13.0. The van der Waals surface area contributed by atoms with Gasteiger partial charge in [0.25, 0.3) is 15.9 Å². The third-order valence-corrected chi connectivity index (χ3v) is 7.73. The van der Waals surface area contributed by atoms with Gasteiger partial charge in [-0.3, -0.25) is 14.3 Å². The molecule has 0 aliphatic carbocycles. The Balaban J connectivity index is 1.34. The van der Waals surface area contributed by atoms with Crippen LogP contribution >= 0.6 is 0 Å². The molecular formula is C27H29N3O4S. The molecule has 2 amide bonds. The minimum atomic E-state index is -3.74. The van der Waals surface area contributed by atoms with Crippen LogP contribution in [0.4, 0.5) is 11.4 Å². The summed E-state index contributed by atoms with van der Waals surface area (Å²) in [6.45, 7) is 4.58. The quantitative estimate of drug-likeness (QED) is 0.527. The molecule has 0 radical (unpaired) electrons. The van der Waals surface area contributed by atoms with E-state index in [1.54, 1.807) is 48.2 Å². The molecule has 7 nitrogen and oxygen atoms in total. The van der Waals surface area contributed by atoms with Crippen molar-refractivity contribution in [2.75, 3.05) is 23.1 Å². The average Bonchev–Trinajstić information content (AvgIpc) is 2.86. The lowest BCUT2D eigenvalue weighted by molar-refractivity contribution is -0.121. The fourth-order valence-corrected chi connectivity index (χ4v) is 5.57. The number of nitrogens with zero attached hydrogens (tertiary/aromatic N) is 1. The lowest BCUT2D eigenvalue weighted by Gasteiger charge is -2.31. The van der Waals surface area contributed by atoms with Gasteiger partial charge in [-0.25, -0.2) is 8.42 Å². The Bertz CT molecular complexity index is 1310. The zero-order valence-corrected chi connectivity index (χ0v) is 20.6. The standard InChI is InChI=1S/C27H29N3O4S/c1-19-8-9-20(2)25(18-19)35(33,34)29-24-12-10-22(11-13-24)27(32)30-16-14-21(15-17-30)26(31)28-23-6-4-3-5-7-23/h3-13,18,21,29H,14-17H2,1-2H3,(H,28,31). The minimum Gasteiger partial charge on any atom is -0.339 e. The molecule has 4 rings (SSSR count). The fourth-order valence-electron chi connectivity index (χ4n) is 4.18. The molecule has 1 heterocycles. The van der Waals surface area contributed by atoms with Crippen LogP contribution < -0.4 is 10.0 Å². The lowest BCUT2D eigenvalue weighted by Crippen LogP contribution is -2.41. The van der Waals surface area contributed by atoms with E-state index in [0.717, 1.165) is 11.3 Å². The van der Waals surface area contributed by atoms with Crippen molar-refractivity contribution >= 4 is 33.2 Å². The van der Waals surface area contributed by atoms with Crippen LogP contribution in [0.5, 0.6) is 0 Å². The number of benzene rings is 3. The lowest BCUT2D eigenvalue weighted by atomic mass is 9.95. The first-order chi connectivity index (χ1) is 16.7. The molecule has 3 aromatic carbocycles. The van der Waals surface area contributed by atoms with E-state index >= 15 is 0 Å². The van der Waals surface area contributed by atoms with Crippen LogP contribution in [0.15, 0.2) is 77.7 Å². The van der Waals surface area contributed by atoms with Gasteiger partial charge in [0.15, 0.2) is 0 Å². The van der Waals surface area contributed by atoms with E-state index in [1.165, 1.54) is 0 Å². The van der Waals surface area contributed by atoms with Crippen molar-refractivity contribution in [1.82, 2.24) is 4.90 Å². The maximum Gasteiger partial charge on any atom is 0.262 e. The summed E-state index contributed by atoms with van der Waals surface area (Å²) in [5.74, 6) is -0.291. The number of sulfonamides is 1. The Hall–Kier alpha value is -3.65. The van der Waals surface area contributed by atoms with Crippen LogP contribution in [-0.4, -0.2) is 38.2 Å². The largest absolute Gasteiger partial charge is 0.339 e. The second-order valence-corrected chi connectivity index (χ2v) is 10.5. The highest BCUT2D eigenvalue weighted by Crippen LogP contribution is 2.23. The predicted molar refractivity (Wildman–Crippen MR) is 137 cm³/mol. The van der Waals surface area contributed by atoms with Crippen LogP contribution in [0.2, 0.25) is 0 Å². The van der Waals surface area contributed by atoms with Crippen molar-refractivity contribution in [3.63, 3.8) is 0 Å². The molecule has 1 saturated heterocycles. The van der Waals surface area contributed by atoms with Gasteiger partial charge in [-0.05, 0) is 80.3 Å². The molecule has 0 aromatic heterocycles. The van der Waals surface area contributed by atoms with Gasteiger partial charge in [0, 0.05) is 35.9 Å². The summed E-state index contributed by atoms with van der Waals surface area (Å²) in [5, 5.41) is 2.93. The van der Waals surface area contributed by atoms with Gasteiger partial charge >= 0.3 is 0 Å². The molecule has 2 N–H and O–H groups in total. The second kappa shape index (κ2) is 10.3. The molecule has 1 aliphatic rings. The Kier molecular flexibility index (Phi) is 7.21. The SMILES string of the molecule is Cc1ccc(C)c(S(=O)(=O)Nc2ccc(C(=O)N3CCC(C(=O)Nc4ccccc4)CC3)cc2)c1. The first-order valence-corrected chi connectivity index (χ1v) is 13.1. The summed E-state index contributed by atoms with van der Waals surface area (Å²) in [6.07, 6.45) is 1.19. The normalized spacial score (nSPS) is 14.4. The third-order valence-electron chi connectivity index (χ3n) is 6.21. The third kappa shape index (κ3) is 5.89. The number of hydrogen-bond donors (Lipinski definition) is 2. The van der Waals surface area contributed by atoms with E-state index in [4.69, 9.17) is 0 Å². The van der Waals surface area contributed by atoms with Crippen LogP contribution in [0.1, 0.15) is 34.3 Å². The number of anilines is 2. The number of para-hydroxylation sites is 1. The van der Waals surface area contributed by atoms with Gasteiger partial charge in [-0.2, -0.15) is 0 Å². The van der Waals surface area contributed by atoms with Gasteiger partial charge < -0.3 is 10.2 Å². The topological polar surface area (TPSA) is 95.6 Å².